The van der Waals surface area contributed by atoms with Crippen molar-refractivity contribution in [3.05, 3.63) is 35.9 Å². The van der Waals surface area contributed by atoms with Gasteiger partial charge in [-0.05, 0) is 12.5 Å². The molecule has 2 atom stereocenters. The van der Waals surface area contributed by atoms with E-state index in [1.807, 2.05) is 30.3 Å². The molecule has 1 aromatic rings. The van der Waals surface area contributed by atoms with E-state index < -0.39 is 12.1 Å². The van der Waals surface area contributed by atoms with Crippen LogP contribution in [0.4, 0.5) is 0 Å². The summed E-state index contributed by atoms with van der Waals surface area (Å²) < 4.78 is 10.0. The molecule has 0 aliphatic carbocycles. The molecule has 0 radical (unpaired) electrons. The minimum Gasteiger partial charge on any atom is -0.466 e. The van der Waals surface area contributed by atoms with Crippen LogP contribution in [0, 0.1) is 0 Å². The first-order valence-electron chi connectivity index (χ1n) is 5.61. The summed E-state index contributed by atoms with van der Waals surface area (Å²) in [7, 11) is 0. The van der Waals surface area contributed by atoms with Gasteiger partial charge >= 0.3 is 5.97 Å². The highest BCUT2D eigenvalue weighted by Gasteiger charge is 2.46. The van der Waals surface area contributed by atoms with Gasteiger partial charge in [-0.15, -0.1) is 0 Å². The van der Waals surface area contributed by atoms with Crippen molar-refractivity contribution in [2.75, 3.05) is 6.61 Å². The summed E-state index contributed by atoms with van der Waals surface area (Å²) in [6.45, 7) is 2.00. The second-order valence-electron chi connectivity index (χ2n) is 3.84. The Morgan fingerprint density at radius 3 is 2.65 bits per heavy atom. The van der Waals surface area contributed by atoms with E-state index in [1.54, 1.807) is 6.92 Å². The Morgan fingerprint density at radius 1 is 1.29 bits per heavy atom. The Hall–Kier alpha value is -1.68. The maximum absolute atomic E-state index is 11.6. The number of carbonyl (C=O) groups is 2. The SMILES string of the molecule is CCOC(=O)CC(=O)[C@H]1O[C@H]1c1ccccc1. The molecule has 90 valence electrons. The lowest BCUT2D eigenvalue weighted by Crippen LogP contribution is -2.15. The molecule has 1 aliphatic rings. The maximum atomic E-state index is 11.6. The zero-order valence-corrected chi connectivity index (χ0v) is 9.59. The van der Waals surface area contributed by atoms with Gasteiger partial charge in [0.2, 0.25) is 0 Å². The summed E-state index contributed by atoms with van der Waals surface area (Å²) in [6.07, 6.45) is -0.887. The van der Waals surface area contributed by atoms with E-state index in [2.05, 4.69) is 0 Å². The minimum absolute atomic E-state index is 0.196. The van der Waals surface area contributed by atoms with Crippen LogP contribution in [0.25, 0.3) is 0 Å². The predicted molar refractivity (Wildman–Crippen MR) is 60.3 cm³/mol. The molecule has 1 heterocycles. The maximum Gasteiger partial charge on any atom is 0.313 e. The van der Waals surface area contributed by atoms with Crippen LogP contribution in [-0.4, -0.2) is 24.5 Å². The molecule has 4 heteroatoms. The van der Waals surface area contributed by atoms with Crippen LogP contribution < -0.4 is 0 Å². The van der Waals surface area contributed by atoms with Crippen molar-refractivity contribution in [3.8, 4) is 0 Å². The largest absolute Gasteiger partial charge is 0.466 e. The number of esters is 1. The third-order valence-electron chi connectivity index (χ3n) is 2.56. The summed E-state index contributed by atoms with van der Waals surface area (Å²) in [4.78, 5) is 22.8. The van der Waals surface area contributed by atoms with Crippen LogP contribution in [-0.2, 0) is 19.1 Å². The zero-order valence-electron chi connectivity index (χ0n) is 9.59. The van der Waals surface area contributed by atoms with Crippen LogP contribution in [0.15, 0.2) is 30.3 Å². The lowest BCUT2D eigenvalue weighted by Gasteiger charge is -1.99. The lowest BCUT2D eigenvalue weighted by atomic mass is 10.1. The molecular formula is C13H14O4. The molecule has 0 N–H and O–H groups in total. The third-order valence-corrected chi connectivity index (χ3v) is 2.56. The van der Waals surface area contributed by atoms with Crippen LogP contribution >= 0.6 is 0 Å². The number of ketones is 1. The summed E-state index contributed by atoms with van der Waals surface area (Å²) in [6, 6.07) is 9.50. The van der Waals surface area contributed by atoms with Gasteiger partial charge in [0.1, 0.15) is 18.6 Å². The highest BCUT2D eigenvalue weighted by Crippen LogP contribution is 2.39. The van der Waals surface area contributed by atoms with Crippen molar-refractivity contribution < 1.29 is 19.1 Å². The van der Waals surface area contributed by atoms with Gasteiger partial charge in [0.25, 0.3) is 0 Å². The first-order valence-corrected chi connectivity index (χ1v) is 5.61. The van der Waals surface area contributed by atoms with Gasteiger partial charge in [-0.3, -0.25) is 9.59 Å². The van der Waals surface area contributed by atoms with E-state index in [9.17, 15) is 9.59 Å². The van der Waals surface area contributed by atoms with Crippen molar-refractivity contribution >= 4 is 11.8 Å². The average molecular weight is 234 g/mol. The van der Waals surface area contributed by atoms with Gasteiger partial charge in [0, 0.05) is 0 Å². The molecule has 0 bridgehead atoms. The third kappa shape index (κ3) is 2.91. The Balaban J connectivity index is 1.87. The van der Waals surface area contributed by atoms with Gasteiger partial charge in [0.05, 0.1) is 6.61 Å². The molecule has 0 amide bonds. The number of hydrogen-bond acceptors (Lipinski definition) is 4. The standard InChI is InChI=1S/C13H14O4/c1-2-16-11(15)8-10(14)13-12(17-13)9-6-4-3-5-7-9/h3-7,12-13H,2,8H2,1H3/t12-,13+/m0/s1. The minimum atomic E-state index is -0.486. The zero-order chi connectivity index (χ0) is 12.3. The van der Waals surface area contributed by atoms with E-state index in [4.69, 9.17) is 9.47 Å². The summed E-state index contributed by atoms with van der Waals surface area (Å²) in [5.41, 5.74) is 0.967. The number of carbonyl (C=O) groups excluding carboxylic acids is 2. The number of Topliss-reactive ketones (excluding diaryl/α,β-unsaturated/α-hetero) is 1. The number of hydrogen-bond donors (Lipinski definition) is 0. The molecule has 1 saturated heterocycles. The summed E-state index contributed by atoms with van der Waals surface area (Å²) >= 11 is 0. The molecule has 0 unspecified atom stereocenters. The molecule has 1 aromatic carbocycles. The van der Waals surface area contributed by atoms with Crippen molar-refractivity contribution in [2.24, 2.45) is 0 Å². The van der Waals surface area contributed by atoms with Crippen LogP contribution in [0.3, 0.4) is 0 Å². The summed E-state index contributed by atoms with van der Waals surface area (Å²) in [5.74, 6) is -0.697. The quantitative estimate of drug-likeness (QED) is 0.441. The smallest absolute Gasteiger partial charge is 0.313 e. The number of epoxide rings is 1. The molecule has 4 nitrogen and oxygen atoms in total. The van der Waals surface area contributed by atoms with Crippen molar-refractivity contribution in [1.82, 2.24) is 0 Å². The molecule has 1 aliphatic heterocycles. The number of rotatable bonds is 5. The molecule has 0 saturated carbocycles. The van der Waals surface area contributed by atoms with Gasteiger partial charge in [-0.2, -0.15) is 0 Å². The van der Waals surface area contributed by atoms with Crippen LogP contribution in [0.2, 0.25) is 0 Å². The van der Waals surface area contributed by atoms with Crippen molar-refractivity contribution in [1.29, 1.82) is 0 Å². The van der Waals surface area contributed by atoms with Crippen LogP contribution in [0.1, 0.15) is 25.0 Å². The molecule has 0 aromatic heterocycles. The highest BCUT2D eigenvalue weighted by atomic mass is 16.6. The van der Waals surface area contributed by atoms with Crippen molar-refractivity contribution in [2.45, 2.75) is 25.6 Å². The molecule has 0 spiro atoms. The second-order valence-corrected chi connectivity index (χ2v) is 3.84. The Morgan fingerprint density at radius 2 is 2.00 bits per heavy atom. The summed E-state index contributed by atoms with van der Waals surface area (Å²) in [5, 5.41) is 0. The van der Waals surface area contributed by atoms with E-state index in [-0.39, 0.29) is 18.3 Å². The van der Waals surface area contributed by atoms with E-state index >= 15 is 0 Å². The number of benzene rings is 1. The van der Waals surface area contributed by atoms with E-state index in [0.717, 1.165) is 5.56 Å². The fraction of sp³-hybridized carbons (Fsp3) is 0.385. The van der Waals surface area contributed by atoms with Crippen LogP contribution in [0.5, 0.6) is 0 Å². The molecule has 2 rings (SSSR count). The van der Waals surface area contributed by atoms with Gasteiger partial charge in [0.15, 0.2) is 5.78 Å². The lowest BCUT2D eigenvalue weighted by molar-refractivity contribution is -0.145. The van der Waals surface area contributed by atoms with E-state index in [1.165, 1.54) is 0 Å². The first kappa shape index (κ1) is 11.8. The second kappa shape index (κ2) is 5.10. The fourth-order valence-corrected chi connectivity index (χ4v) is 1.71. The Bertz CT molecular complexity index is 413. The van der Waals surface area contributed by atoms with Gasteiger partial charge in [-0.1, -0.05) is 30.3 Å². The van der Waals surface area contributed by atoms with E-state index in [0.29, 0.717) is 6.61 Å². The highest BCUT2D eigenvalue weighted by molar-refractivity contribution is 5.99. The normalized spacial score (nSPS) is 21.9. The van der Waals surface area contributed by atoms with Gasteiger partial charge < -0.3 is 9.47 Å². The van der Waals surface area contributed by atoms with Gasteiger partial charge in [-0.25, -0.2) is 0 Å². The first-order chi connectivity index (χ1) is 8.22. The predicted octanol–water partition coefficient (Wildman–Crippen LogP) is 1.65. The fourth-order valence-electron chi connectivity index (χ4n) is 1.71. The average Bonchev–Trinajstić information content (AvgIpc) is 3.10. The molecule has 1 fully saturated rings. The molecule has 17 heavy (non-hydrogen) atoms. The van der Waals surface area contributed by atoms with Crippen molar-refractivity contribution in [3.63, 3.8) is 0 Å². The Kier molecular flexibility index (Phi) is 3.54. The molecular weight excluding hydrogens is 220 g/mol. The topological polar surface area (TPSA) is 55.9 Å². The monoisotopic (exact) mass is 234 g/mol. The Labute approximate surface area is 99.5 Å². The number of ether oxygens (including phenoxy) is 2.